The number of carbonyl (C=O) groups is 1. The first-order valence-corrected chi connectivity index (χ1v) is 10.3. The summed E-state index contributed by atoms with van der Waals surface area (Å²) in [6, 6.07) is 15.1. The lowest BCUT2D eigenvalue weighted by Gasteiger charge is -2.14. The molecule has 1 N–H and O–H groups in total. The lowest BCUT2D eigenvalue weighted by molar-refractivity contribution is -0.116. The molecular formula is C21H21N5O3S. The van der Waals surface area contributed by atoms with Crippen LogP contribution < -0.4 is 11.1 Å². The molecule has 1 aromatic carbocycles. The molecule has 1 amide bonds. The van der Waals surface area contributed by atoms with E-state index in [1.807, 2.05) is 53.9 Å². The lowest BCUT2D eigenvalue weighted by atomic mass is 9.92. The first-order chi connectivity index (χ1) is 14.3. The van der Waals surface area contributed by atoms with Gasteiger partial charge in [0, 0.05) is 11.5 Å². The number of hydrogen-bond acceptors (Lipinski definition) is 6. The second-order valence-electron chi connectivity index (χ2n) is 7.80. The van der Waals surface area contributed by atoms with Crippen LogP contribution in [0.4, 0.5) is 5.82 Å². The Morgan fingerprint density at radius 1 is 1.17 bits per heavy atom. The molecule has 0 atom stereocenters. The topological polar surface area (TPSA) is 95.0 Å². The van der Waals surface area contributed by atoms with Crippen LogP contribution in [0.15, 0.2) is 63.2 Å². The van der Waals surface area contributed by atoms with Crippen molar-refractivity contribution in [1.82, 2.24) is 19.5 Å². The zero-order valence-electron chi connectivity index (χ0n) is 16.8. The fourth-order valence-electron chi connectivity index (χ4n) is 2.92. The minimum absolute atomic E-state index is 0.197. The van der Waals surface area contributed by atoms with Crippen molar-refractivity contribution in [2.45, 2.75) is 32.7 Å². The van der Waals surface area contributed by atoms with Gasteiger partial charge < -0.3 is 5.32 Å². The SMILES string of the molecule is CC(C)(C)c1cc(NC(=O)Cn2c(-c3cccs3)noc2=O)n(-c2ccccc2)n1. The molecule has 3 heterocycles. The van der Waals surface area contributed by atoms with Crippen molar-refractivity contribution in [3.63, 3.8) is 0 Å². The Balaban J connectivity index is 1.64. The summed E-state index contributed by atoms with van der Waals surface area (Å²) in [4.78, 5) is 25.7. The standard InChI is InChI=1S/C21H21N5O3S/c1-21(2,3)16-12-17(26(23-16)14-8-5-4-6-9-14)22-18(27)13-25-19(24-29-20(25)28)15-10-7-11-30-15/h4-12H,13H2,1-3H3,(H,22,27). The van der Waals surface area contributed by atoms with E-state index in [1.165, 1.54) is 15.9 Å². The van der Waals surface area contributed by atoms with E-state index in [9.17, 15) is 9.59 Å². The van der Waals surface area contributed by atoms with Crippen molar-refractivity contribution in [3.8, 4) is 16.4 Å². The summed E-state index contributed by atoms with van der Waals surface area (Å²) in [5.74, 6) is -0.202. The number of hydrogen-bond donors (Lipinski definition) is 1. The Morgan fingerprint density at radius 2 is 1.93 bits per heavy atom. The minimum atomic E-state index is -0.680. The maximum atomic E-state index is 12.8. The molecule has 0 saturated heterocycles. The van der Waals surface area contributed by atoms with Gasteiger partial charge in [-0.05, 0) is 23.6 Å². The summed E-state index contributed by atoms with van der Waals surface area (Å²) in [6.45, 7) is 5.95. The maximum absolute atomic E-state index is 12.8. The number of carbonyl (C=O) groups excluding carboxylic acids is 1. The van der Waals surface area contributed by atoms with Crippen LogP contribution in [0.5, 0.6) is 0 Å². The number of rotatable bonds is 5. The summed E-state index contributed by atoms with van der Waals surface area (Å²) >= 11 is 1.41. The molecule has 8 nitrogen and oxygen atoms in total. The number of nitrogens with one attached hydrogen (secondary N) is 1. The van der Waals surface area contributed by atoms with Crippen molar-refractivity contribution in [1.29, 1.82) is 0 Å². The second-order valence-corrected chi connectivity index (χ2v) is 8.74. The number of anilines is 1. The smallest absolute Gasteiger partial charge is 0.309 e. The van der Waals surface area contributed by atoms with Gasteiger partial charge in [0.25, 0.3) is 0 Å². The van der Waals surface area contributed by atoms with Crippen molar-refractivity contribution in [2.75, 3.05) is 5.32 Å². The number of nitrogens with zero attached hydrogens (tertiary/aromatic N) is 4. The normalized spacial score (nSPS) is 11.6. The van der Waals surface area contributed by atoms with Crippen molar-refractivity contribution in [3.05, 3.63) is 70.2 Å². The van der Waals surface area contributed by atoms with Crippen LogP contribution in [0.25, 0.3) is 16.4 Å². The molecule has 4 aromatic rings. The zero-order chi connectivity index (χ0) is 21.3. The molecule has 0 radical (unpaired) electrons. The molecule has 0 aliphatic rings. The van der Waals surface area contributed by atoms with Crippen molar-refractivity contribution in [2.24, 2.45) is 0 Å². The third kappa shape index (κ3) is 3.97. The van der Waals surface area contributed by atoms with Crippen LogP contribution >= 0.6 is 11.3 Å². The third-order valence-electron chi connectivity index (χ3n) is 4.48. The fraction of sp³-hybridized carbons (Fsp3) is 0.238. The molecule has 0 unspecified atom stereocenters. The molecule has 30 heavy (non-hydrogen) atoms. The lowest BCUT2D eigenvalue weighted by Crippen LogP contribution is -2.26. The van der Waals surface area contributed by atoms with Gasteiger partial charge in [0.2, 0.25) is 5.91 Å². The molecule has 4 rings (SSSR count). The summed E-state index contributed by atoms with van der Waals surface area (Å²) in [5.41, 5.74) is 1.46. The van der Waals surface area contributed by atoms with Gasteiger partial charge >= 0.3 is 5.76 Å². The largest absolute Gasteiger partial charge is 0.442 e. The Morgan fingerprint density at radius 3 is 2.60 bits per heavy atom. The predicted molar refractivity (Wildman–Crippen MR) is 115 cm³/mol. The second kappa shape index (κ2) is 7.75. The predicted octanol–water partition coefficient (Wildman–Crippen LogP) is 3.69. The Labute approximate surface area is 176 Å². The van der Waals surface area contributed by atoms with E-state index < -0.39 is 5.76 Å². The van der Waals surface area contributed by atoms with E-state index in [-0.39, 0.29) is 17.9 Å². The molecule has 3 aromatic heterocycles. The molecule has 0 aliphatic carbocycles. The van der Waals surface area contributed by atoms with Gasteiger partial charge in [-0.1, -0.05) is 50.2 Å². The summed E-state index contributed by atoms with van der Waals surface area (Å²) < 4.78 is 7.69. The average Bonchev–Trinajstić information content (AvgIpc) is 3.43. The third-order valence-corrected chi connectivity index (χ3v) is 5.34. The van der Waals surface area contributed by atoms with Crippen LogP contribution in [0.2, 0.25) is 0 Å². The quantitative estimate of drug-likeness (QED) is 0.528. The van der Waals surface area contributed by atoms with Gasteiger partial charge in [0.05, 0.1) is 16.3 Å². The maximum Gasteiger partial charge on any atom is 0.442 e. The van der Waals surface area contributed by atoms with E-state index in [4.69, 9.17) is 4.52 Å². The fourth-order valence-corrected chi connectivity index (χ4v) is 3.63. The summed E-state index contributed by atoms with van der Waals surface area (Å²) in [5, 5.41) is 13.2. The number of aromatic nitrogens is 4. The van der Waals surface area contributed by atoms with E-state index in [2.05, 4.69) is 36.3 Å². The first kappa shape index (κ1) is 19.8. The molecule has 0 bridgehead atoms. The molecular weight excluding hydrogens is 402 g/mol. The number of para-hydroxylation sites is 1. The van der Waals surface area contributed by atoms with E-state index in [0.29, 0.717) is 11.6 Å². The van der Waals surface area contributed by atoms with Crippen LogP contribution in [-0.4, -0.2) is 25.4 Å². The number of amides is 1. The molecule has 0 saturated carbocycles. The summed E-state index contributed by atoms with van der Waals surface area (Å²) in [7, 11) is 0. The summed E-state index contributed by atoms with van der Waals surface area (Å²) in [6.07, 6.45) is 0. The molecule has 9 heteroatoms. The highest BCUT2D eigenvalue weighted by Crippen LogP contribution is 2.26. The average molecular weight is 423 g/mol. The van der Waals surface area contributed by atoms with Gasteiger partial charge in [0.15, 0.2) is 5.82 Å². The number of thiophene rings is 1. The van der Waals surface area contributed by atoms with Gasteiger partial charge in [-0.15, -0.1) is 11.3 Å². The van der Waals surface area contributed by atoms with Crippen LogP contribution in [0, 0.1) is 0 Å². The van der Waals surface area contributed by atoms with E-state index in [1.54, 1.807) is 4.68 Å². The zero-order valence-corrected chi connectivity index (χ0v) is 17.6. The van der Waals surface area contributed by atoms with Crippen LogP contribution in [0.1, 0.15) is 26.5 Å². The van der Waals surface area contributed by atoms with Crippen LogP contribution in [-0.2, 0) is 16.8 Å². The van der Waals surface area contributed by atoms with Crippen molar-refractivity contribution < 1.29 is 9.32 Å². The minimum Gasteiger partial charge on any atom is -0.309 e. The van der Waals surface area contributed by atoms with E-state index >= 15 is 0 Å². The van der Waals surface area contributed by atoms with Gasteiger partial charge in [-0.2, -0.15) is 5.10 Å². The molecule has 0 fully saturated rings. The Hall–Kier alpha value is -3.46. The Kier molecular flexibility index (Phi) is 5.13. The van der Waals surface area contributed by atoms with E-state index in [0.717, 1.165) is 16.3 Å². The molecule has 0 spiro atoms. The monoisotopic (exact) mass is 423 g/mol. The van der Waals surface area contributed by atoms with Gasteiger partial charge in [0.1, 0.15) is 12.4 Å². The highest BCUT2D eigenvalue weighted by molar-refractivity contribution is 7.13. The highest BCUT2D eigenvalue weighted by Gasteiger charge is 2.22. The molecule has 154 valence electrons. The van der Waals surface area contributed by atoms with Crippen LogP contribution in [0.3, 0.4) is 0 Å². The molecule has 0 aliphatic heterocycles. The van der Waals surface area contributed by atoms with Crippen molar-refractivity contribution >= 4 is 23.1 Å². The Bertz CT molecular complexity index is 1210. The highest BCUT2D eigenvalue weighted by atomic mass is 32.1. The van der Waals surface area contributed by atoms with Gasteiger partial charge in [-0.3, -0.25) is 9.32 Å². The first-order valence-electron chi connectivity index (χ1n) is 9.39. The van der Waals surface area contributed by atoms with Gasteiger partial charge in [-0.25, -0.2) is 14.0 Å². The number of benzene rings is 1.